The monoisotopic (exact) mass is 467 g/mol. The third-order valence-electron chi connectivity index (χ3n) is 6.92. The van der Waals surface area contributed by atoms with Gasteiger partial charge in [0.05, 0.1) is 29.1 Å². The Kier molecular flexibility index (Phi) is 6.23. The zero-order chi connectivity index (χ0) is 24.5. The fraction of sp³-hybridized carbons (Fsp3) is 0.357. The molecule has 1 unspecified atom stereocenters. The van der Waals surface area contributed by atoms with E-state index in [2.05, 4.69) is 28.6 Å². The minimum Gasteiger partial charge on any atom is -0.396 e. The van der Waals surface area contributed by atoms with Crippen LogP contribution < -0.4 is 4.90 Å². The third kappa shape index (κ3) is 4.38. The second-order valence-electron chi connectivity index (χ2n) is 9.35. The van der Waals surface area contributed by atoms with Gasteiger partial charge in [-0.15, -0.1) is 0 Å². The van der Waals surface area contributed by atoms with Crippen molar-refractivity contribution in [1.82, 2.24) is 14.9 Å². The van der Waals surface area contributed by atoms with E-state index in [-0.39, 0.29) is 25.0 Å². The zero-order valence-corrected chi connectivity index (χ0v) is 19.9. The van der Waals surface area contributed by atoms with Crippen LogP contribution in [0, 0.1) is 11.3 Å². The fourth-order valence-electron chi connectivity index (χ4n) is 5.01. The molecule has 1 aliphatic carbocycles. The molecular weight excluding hydrogens is 438 g/mol. The quantitative estimate of drug-likeness (QED) is 0.587. The number of hydrogen-bond acceptors (Lipinski definition) is 6. The molecular formula is C28H29N5O2. The van der Waals surface area contributed by atoms with Gasteiger partial charge in [0.25, 0.3) is 0 Å². The Hall–Kier alpha value is -3.76. The standard InChI is InChI=1S/C28H29N5O2/c1-3-21-15-23(22-6-4-5-7-25(22)30-21)24-14-20(16-29)28(31-27(24)19-8-9-19)32-11-12-33(18(2)17-32)26(35)10-13-34/h3-7,14-15,18-19,34H,1,8-13,17H2,2H3. The van der Waals surface area contributed by atoms with Crippen LogP contribution in [0.2, 0.25) is 0 Å². The lowest BCUT2D eigenvalue weighted by Crippen LogP contribution is -2.54. The molecule has 3 heterocycles. The number of para-hydroxylation sites is 1. The second-order valence-corrected chi connectivity index (χ2v) is 9.35. The number of fused-ring (bicyclic) bond motifs is 1. The number of anilines is 1. The highest BCUT2D eigenvalue weighted by molar-refractivity contribution is 5.96. The van der Waals surface area contributed by atoms with Gasteiger partial charge in [0.2, 0.25) is 5.91 Å². The molecule has 7 heteroatoms. The Labute approximate surface area is 205 Å². The number of aliphatic hydroxyl groups excluding tert-OH is 1. The Bertz CT molecular complexity index is 1340. The first-order valence-corrected chi connectivity index (χ1v) is 12.2. The highest BCUT2D eigenvalue weighted by Gasteiger charge is 2.33. The van der Waals surface area contributed by atoms with E-state index in [0.29, 0.717) is 36.9 Å². The van der Waals surface area contributed by atoms with Gasteiger partial charge in [-0.2, -0.15) is 5.26 Å². The van der Waals surface area contributed by atoms with E-state index in [4.69, 9.17) is 10.1 Å². The number of nitrogens with zero attached hydrogens (tertiary/aromatic N) is 5. The van der Waals surface area contributed by atoms with Crippen molar-refractivity contribution in [3.8, 4) is 17.2 Å². The van der Waals surface area contributed by atoms with Crippen molar-refractivity contribution in [3.63, 3.8) is 0 Å². The lowest BCUT2D eigenvalue weighted by atomic mass is 9.95. The largest absolute Gasteiger partial charge is 0.396 e. The van der Waals surface area contributed by atoms with Crippen molar-refractivity contribution in [2.75, 3.05) is 31.1 Å². The first-order chi connectivity index (χ1) is 17.0. The molecule has 3 aromatic rings. The summed E-state index contributed by atoms with van der Waals surface area (Å²) in [5.74, 6) is 1.03. The molecule has 0 bridgehead atoms. The zero-order valence-electron chi connectivity index (χ0n) is 19.9. The van der Waals surface area contributed by atoms with Crippen molar-refractivity contribution in [2.24, 2.45) is 0 Å². The maximum atomic E-state index is 12.4. The number of aromatic nitrogens is 2. The molecule has 1 saturated carbocycles. The Morgan fingerprint density at radius 1 is 1.23 bits per heavy atom. The van der Waals surface area contributed by atoms with Crippen LogP contribution in [0.4, 0.5) is 5.82 Å². The molecule has 1 saturated heterocycles. The number of nitriles is 1. The second kappa shape index (κ2) is 9.47. The molecule has 5 rings (SSSR count). The number of benzene rings is 1. The number of aliphatic hydroxyl groups is 1. The first-order valence-electron chi connectivity index (χ1n) is 12.2. The molecule has 2 aliphatic rings. The third-order valence-corrected chi connectivity index (χ3v) is 6.92. The van der Waals surface area contributed by atoms with Crippen LogP contribution in [0.3, 0.4) is 0 Å². The summed E-state index contributed by atoms with van der Waals surface area (Å²) in [4.78, 5) is 26.1. The molecule has 1 aliphatic heterocycles. The molecule has 0 spiro atoms. The van der Waals surface area contributed by atoms with Crippen molar-refractivity contribution in [2.45, 2.75) is 38.1 Å². The van der Waals surface area contributed by atoms with Crippen LogP contribution in [-0.4, -0.2) is 58.2 Å². The smallest absolute Gasteiger partial charge is 0.225 e. The average Bonchev–Trinajstić information content (AvgIpc) is 3.72. The number of carbonyl (C=O) groups excluding carboxylic acids is 1. The summed E-state index contributed by atoms with van der Waals surface area (Å²) in [6.45, 7) is 7.52. The summed E-state index contributed by atoms with van der Waals surface area (Å²) in [7, 11) is 0. The van der Waals surface area contributed by atoms with Gasteiger partial charge >= 0.3 is 0 Å². The number of hydrogen-bond donors (Lipinski definition) is 1. The Morgan fingerprint density at radius 3 is 2.71 bits per heavy atom. The van der Waals surface area contributed by atoms with Gasteiger partial charge in [0.1, 0.15) is 11.9 Å². The van der Waals surface area contributed by atoms with Crippen LogP contribution in [-0.2, 0) is 4.79 Å². The highest BCUT2D eigenvalue weighted by Crippen LogP contribution is 2.46. The summed E-state index contributed by atoms with van der Waals surface area (Å²) in [6.07, 6.45) is 4.06. The van der Waals surface area contributed by atoms with Crippen LogP contribution in [0.15, 0.2) is 43.0 Å². The van der Waals surface area contributed by atoms with Gasteiger partial charge < -0.3 is 14.9 Å². The van der Waals surface area contributed by atoms with E-state index < -0.39 is 0 Å². The molecule has 35 heavy (non-hydrogen) atoms. The highest BCUT2D eigenvalue weighted by atomic mass is 16.3. The summed E-state index contributed by atoms with van der Waals surface area (Å²) < 4.78 is 0. The van der Waals surface area contributed by atoms with Crippen LogP contribution in [0.1, 0.15) is 49.1 Å². The molecule has 7 nitrogen and oxygen atoms in total. The Balaban J connectivity index is 1.58. The topological polar surface area (TPSA) is 93.4 Å². The van der Waals surface area contributed by atoms with E-state index in [0.717, 1.165) is 46.3 Å². The Morgan fingerprint density at radius 2 is 2.03 bits per heavy atom. The number of carbonyl (C=O) groups is 1. The molecule has 1 aromatic carbocycles. The van der Waals surface area contributed by atoms with Crippen LogP contribution in [0.25, 0.3) is 28.1 Å². The van der Waals surface area contributed by atoms with Gasteiger partial charge in [0.15, 0.2) is 0 Å². The van der Waals surface area contributed by atoms with E-state index in [1.807, 2.05) is 42.2 Å². The molecule has 0 radical (unpaired) electrons. The van der Waals surface area contributed by atoms with E-state index in [1.165, 1.54) is 0 Å². The van der Waals surface area contributed by atoms with Gasteiger partial charge in [-0.3, -0.25) is 4.79 Å². The van der Waals surface area contributed by atoms with Crippen molar-refractivity contribution in [3.05, 3.63) is 59.9 Å². The lowest BCUT2D eigenvalue weighted by molar-refractivity contribution is -0.134. The van der Waals surface area contributed by atoms with Crippen LogP contribution >= 0.6 is 0 Å². The summed E-state index contributed by atoms with van der Waals surface area (Å²) >= 11 is 0. The van der Waals surface area contributed by atoms with E-state index in [1.54, 1.807) is 6.08 Å². The molecule has 2 aromatic heterocycles. The minimum absolute atomic E-state index is 0.0283. The van der Waals surface area contributed by atoms with Crippen molar-refractivity contribution in [1.29, 1.82) is 5.26 Å². The summed E-state index contributed by atoms with van der Waals surface area (Å²) in [5.41, 5.74) is 5.25. The summed E-state index contributed by atoms with van der Waals surface area (Å²) in [5, 5.41) is 20.3. The SMILES string of the molecule is C=Cc1cc(-c2cc(C#N)c(N3CCN(C(=O)CCO)C(C)C3)nc2C2CC2)c2ccccc2n1. The normalized spacial score (nSPS) is 17.9. The molecule has 1 N–H and O–H groups in total. The van der Waals surface area contributed by atoms with E-state index >= 15 is 0 Å². The van der Waals surface area contributed by atoms with Crippen molar-refractivity contribution < 1.29 is 9.90 Å². The molecule has 1 amide bonds. The van der Waals surface area contributed by atoms with Crippen molar-refractivity contribution >= 4 is 28.7 Å². The lowest BCUT2D eigenvalue weighted by Gasteiger charge is -2.41. The first kappa shape index (κ1) is 23.0. The molecule has 2 fully saturated rings. The number of piperazine rings is 1. The number of rotatable bonds is 6. The molecule has 1 atom stereocenters. The predicted octanol–water partition coefficient (Wildman–Crippen LogP) is 4.11. The number of amides is 1. The summed E-state index contributed by atoms with van der Waals surface area (Å²) in [6, 6.07) is 14.4. The van der Waals surface area contributed by atoms with Gasteiger partial charge in [-0.05, 0) is 49.6 Å². The molecule has 178 valence electrons. The van der Waals surface area contributed by atoms with E-state index in [9.17, 15) is 10.1 Å². The maximum absolute atomic E-state index is 12.4. The van der Waals surface area contributed by atoms with Gasteiger partial charge in [0, 0.05) is 49.0 Å². The number of pyridine rings is 2. The predicted molar refractivity (Wildman–Crippen MR) is 137 cm³/mol. The van der Waals surface area contributed by atoms with Gasteiger partial charge in [-0.1, -0.05) is 24.8 Å². The van der Waals surface area contributed by atoms with Crippen LogP contribution in [0.5, 0.6) is 0 Å². The minimum atomic E-state index is -0.143. The fourth-order valence-corrected chi connectivity index (χ4v) is 5.01. The maximum Gasteiger partial charge on any atom is 0.225 e. The average molecular weight is 468 g/mol. The van der Waals surface area contributed by atoms with Gasteiger partial charge in [-0.25, -0.2) is 9.97 Å².